The van der Waals surface area contributed by atoms with Crippen LogP contribution in [0, 0.1) is 0 Å². The monoisotopic (exact) mass is 246 g/mol. The van der Waals surface area contributed by atoms with Crippen LogP contribution in [0.15, 0.2) is 18.2 Å². The third-order valence-electron chi connectivity index (χ3n) is 2.01. The number of benzene rings is 1. The Labute approximate surface area is 98.5 Å². The smallest absolute Gasteiger partial charge is 0.231 e. The van der Waals surface area contributed by atoms with Gasteiger partial charge in [0.2, 0.25) is 5.91 Å². The van der Waals surface area contributed by atoms with E-state index in [2.05, 4.69) is 5.32 Å². The first-order valence-corrected chi connectivity index (χ1v) is 5.23. The molecule has 82 valence electrons. The largest absolute Gasteiger partial charge is 0.369 e. The van der Waals surface area contributed by atoms with Crippen molar-refractivity contribution in [2.45, 2.75) is 13.0 Å². The summed E-state index contributed by atoms with van der Waals surface area (Å²) in [6, 6.07) is 5.21. The van der Waals surface area contributed by atoms with Crippen molar-refractivity contribution < 1.29 is 4.79 Å². The third kappa shape index (κ3) is 3.70. The maximum atomic E-state index is 10.6. The third-order valence-corrected chi connectivity index (χ3v) is 2.57. The molecule has 1 aromatic carbocycles. The van der Waals surface area contributed by atoms with Gasteiger partial charge in [-0.2, -0.15) is 0 Å². The average Bonchev–Trinajstić information content (AvgIpc) is 2.14. The summed E-state index contributed by atoms with van der Waals surface area (Å²) in [5, 5.41) is 4.12. The van der Waals surface area contributed by atoms with Gasteiger partial charge in [-0.05, 0) is 24.6 Å². The molecule has 1 amide bonds. The number of hydrogen-bond donors (Lipinski definition) is 2. The SMILES string of the molecule is CC(NCC(N)=O)c1ccc(Cl)cc1Cl. The summed E-state index contributed by atoms with van der Waals surface area (Å²) in [5.41, 5.74) is 5.92. The maximum Gasteiger partial charge on any atom is 0.231 e. The Bertz CT molecular complexity index is 368. The Kier molecular flexibility index (Phi) is 4.39. The number of carbonyl (C=O) groups is 1. The molecule has 0 aliphatic rings. The molecule has 1 rings (SSSR count). The number of rotatable bonds is 4. The number of hydrogen-bond acceptors (Lipinski definition) is 2. The molecule has 0 heterocycles. The van der Waals surface area contributed by atoms with E-state index in [1.807, 2.05) is 13.0 Å². The minimum Gasteiger partial charge on any atom is -0.369 e. The maximum absolute atomic E-state index is 10.6. The number of amides is 1. The highest BCUT2D eigenvalue weighted by Crippen LogP contribution is 2.25. The van der Waals surface area contributed by atoms with Gasteiger partial charge in [0.1, 0.15) is 0 Å². The van der Waals surface area contributed by atoms with E-state index in [0.717, 1.165) is 5.56 Å². The van der Waals surface area contributed by atoms with Crippen molar-refractivity contribution in [3.8, 4) is 0 Å². The Morgan fingerprint density at radius 2 is 2.20 bits per heavy atom. The molecule has 1 unspecified atom stereocenters. The molecule has 0 spiro atoms. The molecule has 0 aliphatic heterocycles. The highest BCUT2D eigenvalue weighted by Gasteiger charge is 2.09. The lowest BCUT2D eigenvalue weighted by atomic mass is 10.1. The Morgan fingerprint density at radius 1 is 1.53 bits per heavy atom. The van der Waals surface area contributed by atoms with E-state index in [1.54, 1.807) is 12.1 Å². The first kappa shape index (κ1) is 12.3. The van der Waals surface area contributed by atoms with E-state index in [9.17, 15) is 4.79 Å². The molecule has 0 saturated carbocycles. The average molecular weight is 247 g/mol. The normalized spacial score (nSPS) is 12.5. The zero-order chi connectivity index (χ0) is 11.4. The van der Waals surface area contributed by atoms with Crippen molar-refractivity contribution in [1.82, 2.24) is 5.32 Å². The summed E-state index contributed by atoms with van der Waals surface area (Å²) in [5.74, 6) is -0.396. The van der Waals surface area contributed by atoms with Crippen LogP contribution in [0.2, 0.25) is 10.0 Å². The first-order valence-electron chi connectivity index (χ1n) is 4.47. The molecule has 0 fully saturated rings. The number of nitrogens with two attached hydrogens (primary N) is 1. The molecule has 0 saturated heterocycles. The fourth-order valence-corrected chi connectivity index (χ4v) is 1.79. The second-order valence-corrected chi connectivity index (χ2v) is 4.08. The number of carbonyl (C=O) groups excluding carboxylic acids is 1. The van der Waals surface area contributed by atoms with E-state index >= 15 is 0 Å². The first-order chi connectivity index (χ1) is 7.00. The van der Waals surface area contributed by atoms with Gasteiger partial charge in [0.25, 0.3) is 0 Å². The summed E-state index contributed by atoms with van der Waals surface area (Å²) in [6.07, 6.45) is 0. The van der Waals surface area contributed by atoms with Gasteiger partial charge in [0.15, 0.2) is 0 Å². The second-order valence-electron chi connectivity index (χ2n) is 3.23. The summed E-state index contributed by atoms with van der Waals surface area (Å²) in [7, 11) is 0. The van der Waals surface area contributed by atoms with Crippen molar-refractivity contribution >= 4 is 29.1 Å². The molecule has 3 nitrogen and oxygen atoms in total. The van der Waals surface area contributed by atoms with Gasteiger partial charge in [-0.3, -0.25) is 4.79 Å². The molecule has 3 N–H and O–H groups in total. The number of primary amides is 1. The predicted octanol–water partition coefficient (Wildman–Crippen LogP) is 2.13. The zero-order valence-corrected chi connectivity index (χ0v) is 9.77. The molecule has 1 aromatic rings. The second kappa shape index (κ2) is 5.35. The molecule has 0 aliphatic carbocycles. The molecule has 5 heteroatoms. The Morgan fingerprint density at radius 3 is 2.73 bits per heavy atom. The van der Waals surface area contributed by atoms with Crippen molar-refractivity contribution in [2.24, 2.45) is 5.73 Å². The van der Waals surface area contributed by atoms with Crippen LogP contribution < -0.4 is 11.1 Å². The summed E-state index contributed by atoms with van der Waals surface area (Å²) in [4.78, 5) is 10.6. The van der Waals surface area contributed by atoms with Gasteiger partial charge in [-0.1, -0.05) is 29.3 Å². The molecule has 1 atom stereocenters. The van der Waals surface area contributed by atoms with E-state index in [0.29, 0.717) is 10.0 Å². The Hall–Kier alpha value is -0.770. The molecule has 0 radical (unpaired) electrons. The van der Waals surface area contributed by atoms with Crippen LogP contribution in [0.5, 0.6) is 0 Å². The van der Waals surface area contributed by atoms with Crippen molar-refractivity contribution in [3.05, 3.63) is 33.8 Å². The lowest BCUT2D eigenvalue weighted by molar-refractivity contribution is -0.117. The number of halogens is 2. The quantitative estimate of drug-likeness (QED) is 0.856. The van der Waals surface area contributed by atoms with Crippen LogP contribution in [0.3, 0.4) is 0 Å². The molecule has 0 aromatic heterocycles. The van der Waals surface area contributed by atoms with Gasteiger partial charge in [0, 0.05) is 16.1 Å². The predicted molar refractivity (Wildman–Crippen MR) is 62.1 cm³/mol. The van der Waals surface area contributed by atoms with Crippen LogP contribution in [-0.4, -0.2) is 12.5 Å². The summed E-state index contributed by atoms with van der Waals surface area (Å²) in [6.45, 7) is 2.03. The van der Waals surface area contributed by atoms with Crippen molar-refractivity contribution in [3.63, 3.8) is 0 Å². The minimum atomic E-state index is -0.396. The van der Waals surface area contributed by atoms with Crippen LogP contribution in [0.25, 0.3) is 0 Å². The Balaban J connectivity index is 2.73. The van der Waals surface area contributed by atoms with Crippen molar-refractivity contribution in [1.29, 1.82) is 0 Å². The fraction of sp³-hybridized carbons (Fsp3) is 0.300. The van der Waals surface area contributed by atoms with Gasteiger partial charge in [-0.15, -0.1) is 0 Å². The van der Waals surface area contributed by atoms with Crippen LogP contribution in [-0.2, 0) is 4.79 Å². The van der Waals surface area contributed by atoms with Crippen molar-refractivity contribution in [2.75, 3.05) is 6.54 Å². The molecular formula is C10H12Cl2N2O. The fourth-order valence-electron chi connectivity index (χ4n) is 1.22. The summed E-state index contributed by atoms with van der Waals surface area (Å²) >= 11 is 11.8. The van der Waals surface area contributed by atoms with E-state index in [-0.39, 0.29) is 12.6 Å². The standard InChI is InChI=1S/C10H12Cl2N2O/c1-6(14-5-10(13)15)8-3-2-7(11)4-9(8)12/h2-4,6,14H,5H2,1H3,(H2,13,15). The zero-order valence-electron chi connectivity index (χ0n) is 8.26. The lowest BCUT2D eigenvalue weighted by Gasteiger charge is -2.14. The van der Waals surface area contributed by atoms with Gasteiger partial charge in [0.05, 0.1) is 6.54 Å². The van der Waals surface area contributed by atoms with Gasteiger partial charge < -0.3 is 11.1 Å². The number of nitrogens with one attached hydrogen (secondary N) is 1. The highest BCUT2D eigenvalue weighted by atomic mass is 35.5. The van der Waals surface area contributed by atoms with E-state index in [1.165, 1.54) is 0 Å². The van der Waals surface area contributed by atoms with Crippen LogP contribution in [0.1, 0.15) is 18.5 Å². The minimum absolute atomic E-state index is 0.0396. The van der Waals surface area contributed by atoms with Crippen LogP contribution in [0.4, 0.5) is 0 Å². The molecular weight excluding hydrogens is 235 g/mol. The highest BCUT2D eigenvalue weighted by molar-refractivity contribution is 6.35. The van der Waals surface area contributed by atoms with Crippen LogP contribution >= 0.6 is 23.2 Å². The van der Waals surface area contributed by atoms with E-state index in [4.69, 9.17) is 28.9 Å². The van der Waals surface area contributed by atoms with Gasteiger partial charge >= 0.3 is 0 Å². The molecule has 0 bridgehead atoms. The molecule has 15 heavy (non-hydrogen) atoms. The topological polar surface area (TPSA) is 55.1 Å². The van der Waals surface area contributed by atoms with Gasteiger partial charge in [-0.25, -0.2) is 0 Å². The summed E-state index contributed by atoms with van der Waals surface area (Å²) < 4.78 is 0. The van der Waals surface area contributed by atoms with E-state index < -0.39 is 5.91 Å². The lowest BCUT2D eigenvalue weighted by Crippen LogP contribution is -2.30.